The minimum absolute atomic E-state index is 0.0186. The zero-order chi connectivity index (χ0) is 18.8. The highest BCUT2D eigenvalue weighted by atomic mass is 16.5. The van der Waals surface area contributed by atoms with E-state index in [-0.39, 0.29) is 6.04 Å². The second-order valence-electron chi connectivity index (χ2n) is 6.58. The van der Waals surface area contributed by atoms with Gasteiger partial charge in [-0.3, -0.25) is 5.01 Å². The number of furan rings is 2. The fourth-order valence-electron chi connectivity index (χ4n) is 3.18. The molecule has 5 heteroatoms. The molecule has 0 aliphatic carbocycles. The summed E-state index contributed by atoms with van der Waals surface area (Å²) in [6, 6.07) is 15.8. The molecule has 27 heavy (non-hydrogen) atoms. The third-order valence-corrected chi connectivity index (χ3v) is 4.56. The summed E-state index contributed by atoms with van der Waals surface area (Å²) in [5, 5.41) is 6.83. The number of ether oxygens (including phenoxy) is 1. The molecule has 1 aliphatic heterocycles. The number of anilines is 1. The van der Waals surface area contributed by atoms with Gasteiger partial charge < -0.3 is 13.6 Å². The third-order valence-electron chi connectivity index (χ3n) is 4.56. The molecule has 0 amide bonds. The molecule has 1 atom stereocenters. The Kier molecular flexibility index (Phi) is 4.59. The molecule has 1 aromatic carbocycles. The van der Waals surface area contributed by atoms with Gasteiger partial charge in [0.15, 0.2) is 0 Å². The van der Waals surface area contributed by atoms with Crippen LogP contribution in [0.2, 0.25) is 0 Å². The van der Waals surface area contributed by atoms with E-state index in [4.69, 9.17) is 18.7 Å². The fraction of sp³-hybridized carbons (Fsp3) is 0.227. The molecule has 3 heterocycles. The number of aryl methyl sites for hydroxylation is 2. The van der Waals surface area contributed by atoms with Gasteiger partial charge in [-0.15, -0.1) is 0 Å². The smallest absolute Gasteiger partial charge is 0.129 e. The maximum absolute atomic E-state index is 5.90. The number of benzene rings is 1. The van der Waals surface area contributed by atoms with E-state index in [9.17, 15) is 0 Å². The van der Waals surface area contributed by atoms with E-state index in [1.54, 1.807) is 7.11 Å². The Labute approximate surface area is 158 Å². The van der Waals surface area contributed by atoms with Gasteiger partial charge in [0, 0.05) is 6.42 Å². The largest absolute Gasteiger partial charge is 0.497 e. The molecular formula is C22H22N2O3. The standard InChI is InChI=1S/C22H22N2O3/c1-15-4-9-20(26-15)10-6-17-14-21(22-13-5-16(2)27-22)24(23-17)18-7-11-19(25-3)12-8-18/h4-13,21H,14H2,1-3H3/b10-6+. The summed E-state index contributed by atoms with van der Waals surface area (Å²) < 4.78 is 16.8. The summed E-state index contributed by atoms with van der Waals surface area (Å²) in [7, 11) is 1.66. The number of hydrogen-bond donors (Lipinski definition) is 0. The average molecular weight is 362 g/mol. The normalized spacial score (nSPS) is 16.9. The Bertz CT molecular complexity index is 979. The van der Waals surface area contributed by atoms with Crippen LogP contribution in [-0.2, 0) is 0 Å². The van der Waals surface area contributed by atoms with Crippen LogP contribution in [0.4, 0.5) is 5.69 Å². The van der Waals surface area contributed by atoms with Crippen molar-refractivity contribution in [2.75, 3.05) is 12.1 Å². The van der Waals surface area contributed by atoms with Crippen LogP contribution < -0.4 is 9.75 Å². The lowest BCUT2D eigenvalue weighted by atomic mass is 10.1. The molecule has 0 fully saturated rings. The van der Waals surface area contributed by atoms with Crippen LogP contribution in [0.1, 0.15) is 35.5 Å². The van der Waals surface area contributed by atoms with Gasteiger partial charge in [-0.2, -0.15) is 5.10 Å². The molecule has 0 N–H and O–H groups in total. The summed E-state index contributed by atoms with van der Waals surface area (Å²) in [5.41, 5.74) is 1.96. The SMILES string of the molecule is COc1ccc(N2N=C(/C=C/c3ccc(C)o3)CC2c2ccc(C)o2)cc1. The van der Waals surface area contributed by atoms with Crippen molar-refractivity contribution in [3.8, 4) is 5.75 Å². The Morgan fingerprint density at radius 3 is 2.33 bits per heavy atom. The van der Waals surface area contributed by atoms with Crippen LogP contribution in [0.15, 0.2) is 68.5 Å². The zero-order valence-electron chi connectivity index (χ0n) is 15.7. The second kappa shape index (κ2) is 7.19. The number of allylic oxidation sites excluding steroid dienone is 1. The van der Waals surface area contributed by atoms with Gasteiger partial charge in [-0.25, -0.2) is 0 Å². The van der Waals surface area contributed by atoms with Crippen LogP contribution in [0.25, 0.3) is 6.08 Å². The fourth-order valence-corrected chi connectivity index (χ4v) is 3.18. The summed E-state index contributed by atoms with van der Waals surface area (Å²) in [5.74, 6) is 4.34. The molecule has 4 rings (SSSR count). The third kappa shape index (κ3) is 3.67. The molecule has 0 bridgehead atoms. The number of nitrogens with zero attached hydrogens (tertiary/aromatic N) is 2. The molecule has 0 radical (unpaired) electrons. The molecule has 3 aromatic rings. The Balaban J connectivity index is 1.63. The number of methoxy groups -OCH3 is 1. The van der Waals surface area contributed by atoms with E-state index < -0.39 is 0 Å². The topological polar surface area (TPSA) is 51.1 Å². The molecule has 0 saturated carbocycles. The Hall–Kier alpha value is -3.21. The van der Waals surface area contributed by atoms with Crippen molar-refractivity contribution in [3.63, 3.8) is 0 Å². The monoisotopic (exact) mass is 362 g/mol. The van der Waals surface area contributed by atoms with Crippen molar-refractivity contribution in [1.29, 1.82) is 0 Å². The lowest BCUT2D eigenvalue weighted by Gasteiger charge is -2.22. The maximum atomic E-state index is 5.90. The minimum atomic E-state index is 0.0186. The summed E-state index contributed by atoms with van der Waals surface area (Å²) in [6.07, 6.45) is 4.72. The van der Waals surface area contributed by atoms with Crippen LogP contribution in [0, 0.1) is 13.8 Å². The van der Waals surface area contributed by atoms with Gasteiger partial charge in [-0.1, -0.05) is 0 Å². The van der Waals surface area contributed by atoms with Crippen molar-refractivity contribution in [1.82, 2.24) is 0 Å². The van der Waals surface area contributed by atoms with E-state index in [0.717, 1.165) is 46.6 Å². The summed E-state index contributed by atoms with van der Waals surface area (Å²) in [4.78, 5) is 0. The van der Waals surface area contributed by atoms with E-state index >= 15 is 0 Å². The second-order valence-corrected chi connectivity index (χ2v) is 6.58. The maximum Gasteiger partial charge on any atom is 0.129 e. The van der Waals surface area contributed by atoms with Gasteiger partial charge in [0.2, 0.25) is 0 Å². The highest BCUT2D eigenvalue weighted by Crippen LogP contribution is 2.36. The zero-order valence-corrected chi connectivity index (χ0v) is 15.7. The van der Waals surface area contributed by atoms with Gasteiger partial charge >= 0.3 is 0 Å². The lowest BCUT2D eigenvalue weighted by Crippen LogP contribution is -2.17. The predicted molar refractivity (Wildman–Crippen MR) is 106 cm³/mol. The molecule has 1 unspecified atom stereocenters. The molecule has 0 saturated heterocycles. The Morgan fingerprint density at radius 1 is 0.963 bits per heavy atom. The number of hydrogen-bond acceptors (Lipinski definition) is 5. The highest BCUT2D eigenvalue weighted by molar-refractivity contribution is 6.00. The average Bonchev–Trinajstić information content (AvgIpc) is 3.40. The van der Waals surface area contributed by atoms with Crippen LogP contribution in [0.5, 0.6) is 5.75 Å². The lowest BCUT2D eigenvalue weighted by molar-refractivity contribution is 0.414. The van der Waals surface area contributed by atoms with Crippen LogP contribution in [-0.4, -0.2) is 12.8 Å². The van der Waals surface area contributed by atoms with Crippen LogP contribution >= 0.6 is 0 Å². The molecule has 2 aromatic heterocycles. The first-order chi connectivity index (χ1) is 13.1. The molecule has 1 aliphatic rings. The van der Waals surface area contributed by atoms with Gasteiger partial charge in [0.05, 0.1) is 18.5 Å². The van der Waals surface area contributed by atoms with Crippen molar-refractivity contribution in [2.24, 2.45) is 5.10 Å². The minimum Gasteiger partial charge on any atom is -0.497 e. The van der Waals surface area contributed by atoms with Gasteiger partial charge in [0.1, 0.15) is 34.8 Å². The predicted octanol–water partition coefficient (Wildman–Crippen LogP) is 5.52. The number of rotatable bonds is 5. The highest BCUT2D eigenvalue weighted by Gasteiger charge is 2.30. The molecule has 5 nitrogen and oxygen atoms in total. The van der Waals surface area contributed by atoms with Gasteiger partial charge in [0.25, 0.3) is 0 Å². The summed E-state index contributed by atoms with van der Waals surface area (Å²) >= 11 is 0. The molecule has 0 spiro atoms. The molecular weight excluding hydrogens is 340 g/mol. The van der Waals surface area contributed by atoms with Crippen molar-refractivity contribution in [2.45, 2.75) is 26.3 Å². The van der Waals surface area contributed by atoms with Gasteiger partial charge in [-0.05, 0) is 74.5 Å². The van der Waals surface area contributed by atoms with E-state index in [1.807, 2.05) is 79.5 Å². The van der Waals surface area contributed by atoms with E-state index in [1.165, 1.54) is 0 Å². The van der Waals surface area contributed by atoms with Crippen molar-refractivity contribution in [3.05, 3.63) is 77.6 Å². The van der Waals surface area contributed by atoms with Crippen molar-refractivity contribution < 1.29 is 13.6 Å². The van der Waals surface area contributed by atoms with Crippen molar-refractivity contribution >= 4 is 17.5 Å². The summed E-state index contributed by atoms with van der Waals surface area (Å²) in [6.45, 7) is 3.89. The van der Waals surface area contributed by atoms with Crippen LogP contribution in [0.3, 0.4) is 0 Å². The first kappa shape index (κ1) is 17.2. The molecule has 138 valence electrons. The first-order valence-corrected chi connectivity index (χ1v) is 8.94. The Morgan fingerprint density at radius 2 is 1.70 bits per heavy atom. The quantitative estimate of drug-likeness (QED) is 0.600. The van der Waals surface area contributed by atoms with E-state index in [2.05, 4.69) is 0 Å². The van der Waals surface area contributed by atoms with E-state index in [0.29, 0.717) is 0 Å². The number of hydrazone groups is 1. The first-order valence-electron chi connectivity index (χ1n) is 8.94.